The van der Waals surface area contributed by atoms with Crippen LogP contribution in [-0.2, 0) is 6.42 Å². The highest BCUT2D eigenvalue weighted by molar-refractivity contribution is 6.05. The van der Waals surface area contributed by atoms with Gasteiger partial charge in [0.1, 0.15) is 5.75 Å². The van der Waals surface area contributed by atoms with E-state index in [1.807, 2.05) is 37.3 Å². The second kappa shape index (κ2) is 9.55. The summed E-state index contributed by atoms with van der Waals surface area (Å²) in [6.07, 6.45) is 5.30. The van der Waals surface area contributed by atoms with Crippen LogP contribution in [0.1, 0.15) is 27.9 Å². The van der Waals surface area contributed by atoms with Crippen LogP contribution in [0.25, 0.3) is 0 Å². The highest BCUT2D eigenvalue weighted by atomic mass is 16.5. The van der Waals surface area contributed by atoms with Crippen molar-refractivity contribution >= 4 is 17.3 Å². The Balaban J connectivity index is 1.58. The van der Waals surface area contributed by atoms with Gasteiger partial charge in [0.2, 0.25) is 0 Å². The predicted molar refractivity (Wildman–Crippen MR) is 113 cm³/mol. The molecule has 5 heteroatoms. The van der Waals surface area contributed by atoms with E-state index in [0.717, 1.165) is 30.6 Å². The average molecular weight is 375 g/mol. The molecule has 0 spiro atoms. The van der Waals surface area contributed by atoms with E-state index < -0.39 is 0 Å². The maximum atomic E-state index is 12.6. The number of nitrogens with one attached hydrogen (secondary N) is 2. The zero-order valence-electron chi connectivity index (χ0n) is 16.2. The van der Waals surface area contributed by atoms with Crippen LogP contribution in [0.15, 0.2) is 67.0 Å². The number of carbonyl (C=O) groups excluding carboxylic acids is 1. The van der Waals surface area contributed by atoms with Crippen LogP contribution < -0.4 is 15.4 Å². The van der Waals surface area contributed by atoms with Crippen molar-refractivity contribution in [3.8, 4) is 5.75 Å². The van der Waals surface area contributed by atoms with Crippen molar-refractivity contribution < 1.29 is 9.53 Å². The number of rotatable bonds is 8. The monoisotopic (exact) mass is 375 g/mol. The van der Waals surface area contributed by atoms with Gasteiger partial charge in [-0.25, -0.2) is 0 Å². The van der Waals surface area contributed by atoms with Gasteiger partial charge >= 0.3 is 0 Å². The third-order valence-electron chi connectivity index (χ3n) is 4.42. The van der Waals surface area contributed by atoms with Crippen molar-refractivity contribution in [3.63, 3.8) is 0 Å². The highest BCUT2D eigenvalue weighted by Gasteiger charge is 2.11. The topological polar surface area (TPSA) is 63.2 Å². The fourth-order valence-corrected chi connectivity index (χ4v) is 2.94. The fraction of sp³-hybridized carbons (Fsp3) is 0.217. The van der Waals surface area contributed by atoms with Gasteiger partial charge in [-0.3, -0.25) is 9.78 Å². The number of nitrogens with zero attached hydrogens (tertiary/aromatic N) is 1. The largest absolute Gasteiger partial charge is 0.495 e. The van der Waals surface area contributed by atoms with E-state index in [-0.39, 0.29) is 5.91 Å². The normalized spacial score (nSPS) is 10.4. The van der Waals surface area contributed by atoms with E-state index in [4.69, 9.17) is 4.74 Å². The van der Waals surface area contributed by atoms with Gasteiger partial charge in [0, 0.05) is 18.9 Å². The molecule has 0 aliphatic heterocycles. The van der Waals surface area contributed by atoms with E-state index in [2.05, 4.69) is 39.9 Å². The van der Waals surface area contributed by atoms with Crippen LogP contribution in [-0.4, -0.2) is 24.5 Å². The Morgan fingerprint density at radius 1 is 1.07 bits per heavy atom. The lowest BCUT2D eigenvalue weighted by Crippen LogP contribution is -2.14. The van der Waals surface area contributed by atoms with Gasteiger partial charge in [0.25, 0.3) is 5.91 Å². The van der Waals surface area contributed by atoms with Gasteiger partial charge < -0.3 is 15.4 Å². The lowest BCUT2D eigenvalue weighted by Gasteiger charge is -2.12. The van der Waals surface area contributed by atoms with Crippen LogP contribution in [0, 0.1) is 6.92 Å². The minimum absolute atomic E-state index is 0.218. The van der Waals surface area contributed by atoms with Gasteiger partial charge in [-0.05, 0) is 49.1 Å². The van der Waals surface area contributed by atoms with E-state index in [1.165, 1.54) is 5.56 Å². The second-order valence-corrected chi connectivity index (χ2v) is 6.64. The van der Waals surface area contributed by atoms with Crippen LogP contribution in [0.3, 0.4) is 0 Å². The minimum atomic E-state index is -0.218. The molecule has 1 amide bonds. The summed E-state index contributed by atoms with van der Waals surface area (Å²) < 4.78 is 5.32. The molecule has 0 radical (unpaired) electrons. The number of hydrogen-bond donors (Lipinski definition) is 2. The highest BCUT2D eigenvalue weighted by Crippen LogP contribution is 2.25. The molecule has 0 unspecified atom stereocenters. The van der Waals surface area contributed by atoms with Gasteiger partial charge in [-0.2, -0.15) is 0 Å². The molecule has 5 nitrogen and oxygen atoms in total. The average Bonchev–Trinajstić information content (AvgIpc) is 2.72. The van der Waals surface area contributed by atoms with E-state index in [0.29, 0.717) is 17.0 Å². The Morgan fingerprint density at radius 2 is 1.89 bits per heavy atom. The summed E-state index contributed by atoms with van der Waals surface area (Å²) in [7, 11) is 1.59. The molecule has 28 heavy (non-hydrogen) atoms. The molecule has 1 aromatic heterocycles. The standard InChI is InChI=1S/C23H25N3O2/c1-17-10-11-22(28-2)21(13-17)26-23(27)19-14-20(16-24-15-19)25-12-6-9-18-7-4-3-5-8-18/h3-5,7-8,10-11,13-16,25H,6,9,12H2,1-2H3,(H,26,27). The number of pyridine rings is 1. The Labute approximate surface area is 165 Å². The SMILES string of the molecule is COc1ccc(C)cc1NC(=O)c1cncc(NCCCc2ccccc2)c1. The molecule has 3 aromatic rings. The lowest BCUT2D eigenvalue weighted by molar-refractivity contribution is 0.102. The summed E-state index contributed by atoms with van der Waals surface area (Å²) in [5, 5.41) is 6.24. The number of benzene rings is 2. The molecule has 0 fully saturated rings. The Bertz CT molecular complexity index is 926. The summed E-state index contributed by atoms with van der Waals surface area (Å²) in [5.74, 6) is 0.409. The summed E-state index contributed by atoms with van der Waals surface area (Å²) in [6.45, 7) is 2.78. The Kier molecular flexibility index (Phi) is 6.63. The zero-order chi connectivity index (χ0) is 19.8. The van der Waals surface area contributed by atoms with E-state index in [9.17, 15) is 4.79 Å². The van der Waals surface area contributed by atoms with Crippen LogP contribution in [0.2, 0.25) is 0 Å². The van der Waals surface area contributed by atoms with Gasteiger partial charge in [0.15, 0.2) is 0 Å². The van der Waals surface area contributed by atoms with Crippen molar-refractivity contribution in [2.24, 2.45) is 0 Å². The molecule has 0 aliphatic carbocycles. The van der Waals surface area contributed by atoms with E-state index >= 15 is 0 Å². The molecule has 0 bridgehead atoms. The first-order valence-corrected chi connectivity index (χ1v) is 9.34. The maximum absolute atomic E-state index is 12.6. The molecule has 2 aromatic carbocycles. The van der Waals surface area contributed by atoms with Crippen LogP contribution in [0.5, 0.6) is 5.75 Å². The molecule has 0 aliphatic rings. The van der Waals surface area contributed by atoms with Crippen LogP contribution >= 0.6 is 0 Å². The molecule has 1 heterocycles. The summed E-state index contributed by atoms with van der Waals surface area (Å²) in [6, 6.07) is 17.9. The predicted octanol–water partition coefficient (Wildman–Crippen LogP) is 4.70. The number of hydrogen-bond acceptors (Lipinski definition) is 4. The molecule has 144 valence electrons. The van der Waals surface area contributed by atoms with E-state index in [1.54, 1.807) is 19.5 Å². The van der Waals surface area contributed by atoms with Crippen molar-refractivity contribution in [1.82, 2.24) is 4.98 Å². The molecular weight excluding hydrogens is 350 g/mol. The first kappa shape index (κ1) is 19.4. The number of anilines is 2. The number of aromatic nitrogens is 1. The molecule has 0 saturated carbocycles. The van der Waals surface area contributed by atoms with Gasteiger partial charge in [-0.15, -0.1) is 0 Å². The minimum Gasteiger partial charge on any atom is -0.495 e. The third-order valence-corrected chi connectivity index (χ3v) is 4.42. The first-order chi connectivity index (χ1) is 13.7. The summed E-state index contributed by atoms with van der Waals surface area (Å²) in [4.78, 5) is 16.8. The van der Waals surface area contributed by atoms with Crippen molar-refractivity contribution in [2.75, 3.05) is 24.3 Å². The van der Waals surface area contributed by atoms with Crippen LogP contribution in [0.4, 0.5) is 11.4 Å². The fourth-order valence-electron chi connectivity index (χ4n) is 2.94. The quantitative estimate of drug-likeness (QED) is 0.561. The lowest BCUT2D eigenvalue weighted by atomic mass is 10.1. The molecule has 3 rings (SSSR count). The molecular formula is C23H25N3O2. The Hall–Kier alpha value is -3.34. The molecule has 2 N–H and O–H groups in total. The third kappa shape index (κ3) is 5.33. The number of aryl methyl sites for hydroxylation is 2. The Morgan fingerprint density at radius 3 is 2.68 bits per heavy atom. The van der Waals surface area contributed by atoms with Crippen molar-refractivity contribution in [2.45, 2.75) is 19.8 Å². The second-order valence-electron chi connectivity index (χ2n) is 6.64. The summed E-state index contributed by atoms with van der Waals surface area (Å²) >= 11 is 0. The number of methoxy groups -OCH3 is 1. The number of carbonyl (C=O) groups is 1. The first-order valence-electron chi connectivity index (χ1n) is 9.34. The van der Waals surface area contributed by atoms with Crippen molar-refractivity contribution in [1.29, 1.82) is 0 Å². The van der Waals surface area contributed by atoms with Gasteiger partial charge in [-0.1, -0.05) is 36.4 Å². The smallest absolute Gasteiger partial charge is 0.257 e. The number of amides is 1. The molecule has 0 atom stereocenters. The molecule has 0 saturated heterocycles. The summed E-state index contributed by atoms with van der Waals surface area (Å²) in [5.41, 5.74) is 4.34. The zero-order valence-corrected chi connectivity index (χ0v) is 16.2. The van der Waals surface area contributed by atoms with Crippen molar-refractivity contribution in [3.05, 3.63) is 83.7 Å². The maximum Gasteiger partial charge on any atom is 0.257 e. The number of ether oxygens (including phenoxy) is 1. The van der Waals surface area contributed by atoms with Gasteiger partial charge in [0.05, 0.1) is 24.0 Å².